The van der Waals surface area contributed by atoms with Crippen LogP contribution in [0.25, 0.3) is 10.9 Å². The van der Waals surface area contributed by atoms with Crippen LogP contribution in [0, 0.1) is 0 Å². The fraction of sp³-hybridized carbons (Fsp3) is 0.176. The number of rotatable bonds is 3. The molecule has 0 spiro atoms. The van der Waals surface area contributed by atoms with Crippen LogP contribution in [0.2, 0.25) is 0 Å². The van der Waals surface area contributed by atoms with Gasteiger partial charge in [-0.1, -0.05) is 58.4 Å². The van der Waals surface area contributed by atoms with E-state index in [4.69, 9.17) is 0 Å². The molecule has 2 aromatic carbocycles. The fourth-order valence-electron chi connectivity index (χ4n) is 2.41. The van der Waals surface area contributed by atoms with Crippen molar-refractivity contribution in [2.24, 2.45) is 0 Å². The third-order valence-electron chi connectivity index (χ3n) is 3.43. The molecule has 0 unspecified atom stereocenters. The Kier molecular flexibility index (Phi) is 3.88. The van der Waals surface area contributed by atoms with E-state index in [2.05, 4.69) is 20.9 Å². The van der Waals surface area contributed by atoms with Crippen molar-refractivity contribution in [1.29, 1.82) is 0 Å². The van der Waals surface area contributed by atoms with Gasteiger partial charge in [-0.25, -0.2) is 4.98 Å². The first-order valence-corrected chi connectivity index (χ1v) is 7.76. The van der Waals surface area contributed by atoms with Crippen LogP contribution in [0.3, 0.4) is 0 Å². The molecule has 0 saturated heterocycles. The molecule has 0 fully saturated rings. The Labute approximate surface area is 131 Å². The van der Waals surface area contributed by atoms with E-state index in [0.29, 0.717) is 11.9 Å². The van der Waals surface area contributed by atoms with Crippen molar-refractivity contribution in [3.8, 4) is 0 Å². The predicted molar refractivity (Wildman–Crippen MR) is 88.9 cm³/mol. The maximum absolute atomic E-state index is 12.8. The Hall–Kier alpha value is -1.94. The lowest BCUT2D eigenvalue weighted by atomic mass is 10.2. The highest BCUT2D eigenvalue weighted by atomic mass is 79.9. The van der Waals surface area contributed by atoms with Gasteiger partial charge in [0.15, 0.2) is 0 Å². The van der Waals surface area contributed by atoms with Crippen LogP contribution in [-0.2, 0) is 6.54 Å². The van der Waals surface area contributed by atoms with Crippen molar-refractivity contribution in [3.63, 3.8) is 0 Å². The van der Waals surface area contributed by atoms with E-state index in [1.807, 2.05) is 61.5 Å². The van der Waals surface area contributed by atoms with Gasteiger partial charge in [0.25, 0.3) is 5.56 Å². The SMILES string of the molecule is C[C@H](Br)c1nc2ccccc2c(=O)n1Cc1ccccc1. The zero-order chi connectivity index (χ0) is 14.8. The summed E-state index contributed by atoms with van der Waals surface area (Å²) in [5, 5.41) is 0.658. The number of aromatic nitrogens is 2. The summed E-state index contributed by atoms with van der Waals surface area (Å²) in [5.41, 5.74) is 1.84. The molecule has 1 aromatic heterocycles. The van der Waals surface area contributed by atoms with Crippen LogP contribution in [-0.4, -0.2) is 9.55 Å². The first-order valence-electron chi connectivity index (χ1n) is 6.84. The van der Waals surface area contributed by atoms with E-state index < -0.39 is 0 Å². The summed E-state index contributed by atoms with van der Waals surface area (Å²) in [6, 6.07) is 17.4. The Morgan fingerprint density at radius 1 is 1.10 bits per heavy atom. The minimum Gasteiger partial charge on any atom is -0.291 e. The highest BCUT2D eigenvalue weighted by Crippen LogP contribution is 2.21. The molecular weight excluding hydrogens is 328 g/mol. The van der Waals surface area contributed by atoms with E-state index in [1.165, 1.54) is 0 Å². The number of nitrogens with zero attached hydrogens (tertiary/aromatic N) is 2. The fourth-order valence-corrected chi connectivity index (χ4v) is 2.76. The molecule has 0 amide bonds. The van der Waals surface area contributed by atoms with E-state index in [1.54, 1.807) is 4.57 Å². The summed E-state index contributed by atoms with van der Waals surface area (Å²) in [5.74, 6) is 0.752. The van der Waals surface area contributed by atoms with Crippen LogP contribution in [0.4, 0.5) is 0 Å². The van der Waals surface area contributed by atoms with Crippen molar-refractivity contribution < 1.29 is 0 Å². The summed E-state index contributed by atoms with van der Waals surface area (Å²) in [4.78, 5) is 17.4. The van der Waals surface area contributed by atoms with Gasteiger partial charge in [-0.3, -0.25) is 9.36 Å². The predicted octanol–water partition coefficient (Wildman–Crippen LogP) is 3.90. The van der Waals surface area contributed by atoms with Gasteiger partial charge in [0.05, 0.1) is 22.3 Å². The smallest absolute Gasteiger partial charge is 0.261 e. The number of hydrogen-bond acceptors (Lipinski definition) is 2. The Balaban J connectivity index is 2.22. The Morgan fingerprint density at radius 3 is 2.48 bits per heavy atom. The summed E-state index contributed by atoms with van der Waals surface area (Å²) in [6.07, 6.45) is 0. The summed E-state index contributed by atoms with van der Waals surface area (Å²) >= 11 is 3.54. The standard InChI is InChI=1S/C17H15BrN2O/c1-12(18)16-19-15-10-6-5-9-14(15)17(21)20(16)11-13-7-3-2-4-8-13/h2-10,12H,11H2,1H3/t12-/m0/s1. The first-order chi connectivity index (χ1) is 10.2. The zero-order valence-electron chi connectivity index (χ0n) is 11.7. The van der Waals surface area contributed by atoms with E-state index in [0.717, 1.165) is 16.9 Å². The third kappa shape index (κ3) is 2.76. The van der Waals surface area contributed by atoms with Crippen LogP contribution in [0.5, 0.6) is 0 Å². The molecule has 3 aromatic rings. The number of para-hydroxylation sites is 1. The highest BCUT2D eigenvalue weighted by molar-refractivity contribution is 9.09. The molecule has 0 bridgehead atoms. The minimum absolute atomic E-state index is 0.00533. The normalized spacial score (nSPS) is 12.5. The lowest BCUT2D eigenvalue weighted by Gasteiger charge is -2.15. The van der Waals surface area contributed by atoms with Gasteiger partial charge >= 0.3 is 0 Å². The number of benzene rings is 2. The van der Waals surface area contributed by atoms with Crippen molar-refractivity contribution in [2.75, 3.05) is 0 Å². The van der Waals surface area contributed by atoms with Gasteiger partial charge in [-0.05, 0) is 24.6 Å². The third-order valence-corrected chi connectivity index (χ3v) is 3.84. The van der Waals surface area contributed by atoms with Gasteiger partial charge in [0.2, 0.25) is 0 Å². The average Bonchev–Trinajstić information content (AvgIpc) is 2.51. The Morgan fingerprint density at radius 2 is 1.76 bits per heavy atom. The van der Waals surface area contributed by atoms with Gasteiger partial charge in [-0.15, -0.1) is 0 Å². The molecule has 0 radical (unpaired) electrons. The molecule has 0 saturated carbocycles. The van der Waals surface area contributed by atoms with Crippen molar-refractivity contribution >= 4 is 26.8 Å². The molecule has 0 aliphatic rings. The number of alkyl halides is 1. The van der Waals surface area contributed by atoms with E-state index in [-0.39, 0.29) is 10.4 Å². The second-order valence-corrected chi connectivity index (χ2v) is 6.35. The van der Waals surface area contributed by atoms with Crippen LogP contribution < -0.4 is 5.56 Å². The first kappa shape index (κ1) is 14.0. The van der Waals surface area contributed by atoms with Gasteiger partial charge in [0, 0.05) is 0 Å². The molecule has 3 nitrogen and oxygen atoms in total. The molecule has 4 heteroatoms. The van der Waals surface area contributed by atoms with Gasteiger partial charge < -0.3 is 0 Å². The molecular formula is C17H15BrN2O. The Bertz CT molecular complexity index is 825. The molecule has 0 aliphatic heterocycles. The van der Waals surface area contributed by atoms with Crippen molar-refractivity contribution in [3.05, 3.63) is 76.3 Å². The molecule has 0 N–H and O–H groups in total. The second kappa shape index (κ2) is 5.82. The summed E-state index contributed by atoms with van der Waals surface area (Å²) < 4.78 is 1.75. The molecule has 1 atom stereocenters. The van der Waals surface area contributed by atoms with Crippen molar-refractivity contribution in [2.45, 2.75) is 18.3 Å². The molecule has 106 valence electrons. The monoisotopic (exact) mass is 342 g/mol. The molecule has 3 rings (SSSR count). The van der Waals surface area contributed by atoms with Crippen molar-refractivity contribution in [1.82, 2.24) is 9.55 Å². The maximum atomic E-state index is 12.8. The topological polar surface area (TPSA) is 34.9 Å². The van der Waals surface area contributed by atoms with E-state index >= 15 is 0 Å². The van der Waals surface area contributed by atoms with E-state index in [9.17, 15) is 4.79 Å². The largest absolute Gasteiger partial charge is 0.291 e. The van der Waals surface area contributed by atoms with Gasteiger partial charge in [-0.2, -0.15) is 0 Å². The maximum Gasteiger partial charge on any atom is 0.261 e. The zero-order valence-corrected chi connectivity index (χ0v) is 13.2. The lowest BCUT2D eigenvalue weighted by molar-refractivity contribution is 0.684. The lowest BCUT2D eigenvalue weighted by Crippen LogP contribution is -2.26. The van der Waals surface area contributed by atoms with Crippen LogP contribution >= 0.6 is 15.9 Å². The van der Waals surface area contributed by atoms with Crippen LogP contribution in [0.15, 0.2) is 59.4 Å². The van der Waals surface area contributed by atoms with Crippen LogP contribution in [0.1, 0.15) is 23.1 Å². The summed E-state index contributed by atoms with van der Waals surface area (Å²) in [6.45, 7) is 2.51. The quantitative estimate of drug-likeness (QED) is 0.676. The van der Waals surface area contributed by atoms with Gasteiger partial charge in [0.1, 0.15) is 5.82 Å². The average molecular weight is 343 g/mol. The minimum atomic E-state index is 0.00533. The number of halogens is 1. The molecule has 21 heavy (non-hydrogen) atoms. The molecule has 0 aliphatic carbocycles. The molecule has 1 heterocycles. The summed E-state index contributed by atoms with van der Waals surface area (Å²) in [7, 11) is 0. The number of fused-ring (bicyclic) bond motifs is 1. The second-order valence-electron chi connectivity index (χ2n) is 4.98. The highest BCUT2D eigenvalue weighted by Gasteiger charge is 2.14. The number of hydrogen-bond donors (Lipinski definition) is 0.